The molecule has 1 aromatic rings. The molecule has 0 bridgehead atoms. The molecule has 1 aromatic carbocycles. The molecular weight excluding hydrogens is 206 g/mol. The van der Waals surface area contributed by atoms with E-state index in [1.54, 1.807) is 7.11 Å². The highest BCUT2D eigenvalue weighted by molar-refractivity contribution is 5.39. The Labute approximate surface area is 95.5 Å². The highest BCUT2D eigenvalue weighted by atomic mass is 16.5. The molecule has 0 atom stereocenters. The minimum absolute atomic E-state index is 0.362. The fourth-order valence-electron chi connectivity index (χ4n) is 1.48. The first-order valence-electron chi connectivity index (χ1n) is 5.48. The van der Waals surface area contributed by atoms with Crippen LogP contribution in [-0.2, 0) is 4.74 Å². The van der Waals surface area contributed by atoms with Gasteiger partial charge in [0.05, 0.1) is 19.8 Å². The minimum atomic E-state index is 0.362. The Hall–Kier alpha value is -1.26. The second kappa shape index (κ2) is 5.72. The summed E-state index contributed by atoms with van der Waals surface area (Å²) in [5.74, 6) is 1.52. The van der Waals surface area contributed by atoms with Crippen molar-refractivity contribution >= 4 is 0 Å². The Morgan fingerprint density at radius 1 is 1.19 bits per heavy atom. The van der Waals surface area contributed by atoms with Crippen molar-refractivity contribution in [3.63, 3.8) is 0 Å². The molecule has 1 aliphatic rings. The first kappa shape index (κ1) is 11.2. The molecule has 88 valence electrons. The standard InChI is InChI=1S/C12H17NO3/c1-14-11-4-2-3-5-12(11)16-7-6-15-10-8-13-9-10/h2-5,10,13H,6-9H2,1H3. The SMILES string of the molecule is COc1ccccc1OCCOC1CNC1. The number of ether oxygens (including phenoxy) is 3. The molecule has 0 saturated carbocycles. The summed E-state index contributed by atoms with van der Waals surface area (Å²) in [6.07, 6.45) is 0.362. The van der Waals surface area contributed by atoms with Crippen LogP contribution in [0.5, 0.6) is 11.5 Å². The Bertz CT molecular complexity index is 326. The third-order valence-electron chi connectivity index (χ3n) is 2.51. The summed E-state index contributed by atoms with van der Waals surface area (Å²) in [4.78, 5) is 0. The first-order chi connectivity index (χ1) is 7.90. The molecule has 0 aliphatic carbocycles. The van der Waals surface area contributed by atoms with Crippen molar-refractivity contribution in [2.24, 2.45) is 0 Å². The average Bonchev–Trinajstić information content (AvgIpc) is 2.27. The van der Waals surface area contributed by atoms with Gasteiger partial charge in [-0.3, -0.25) is 0 Å². The van der Waals surface area contributed by atoms with E-state index in [-0.39, 0.29) is 0 Å². The molecule has 0 aromatic heterocycles. The van der Waals surface area contributed by atoms with Crippen LogP contribution >= 0.6 is 0 Å². The summed E-state index contributed by atoms with van der Waals surface area (Å²) >= 11 is 0. The van der Waals surface area contributed by atoms with Crippen LogP contribution in [0, 0.1) is 0 Å². The van der Waals surface area contributed by atoms with Gasteiger partial charge in [0, 0.05) is 13.1 Å². The van der Waals surface area contributed by atoms with Crippen molar-refractivity contribution in [2.75, 3.05) is 33.4 Å². The van der Waals surface area contributed by atoms with E-state index in [0.717, 1.165) is 24.6 Å². The molecule has 2 rings (SSSR count). The van der Waals surface area contributed by atoms with Crippen molar-refractivity contribution in [1.82, 2.24) is 5.32 Å². The van der Waals surface area contributed by atoms with Gasteiger partial charge in [-0.05, 0) is 12.1 Å². The van der Waals surface area contributed by atoms with Gasteiger partial charge in [0.1, 0.15) is 6.61 Å². The summed E-state index contributed by atoms with van der Waals surface area (Å²) in [6.45, 7) is 3.07. The van der Waals surface area contributed by atoms with E-state index in [2.05, 4.69) is 5.32 Å². The second-order valence-electron chi connectivity index (χ2n) is 3.65. The zero-order valence-corrected chi connectivity index (χ0v) is 9.44. The molecule has 0 radical (unpaired) electrons. The molecule has 4 heteroatoms. The first-order valence-corrected chi connectivity index (χ1v) is 5.48. The van der Waals surface area contributed by atoms with E-state index in [1.807, 2.05) is 24.3 Å². The fourth-order valence-corrected chi connectivity index (χ4v) is 1.48. The lowest BCUT2D eigenvalue weighted by molar-refractivity contribution is 0.00426. The van der Waals surface area contributed by atoms with Gasteiger partial charge in [-0.25, -0.2) is 0 Å². The molecule has 0 unspecified atom stereocenters. The molecule has 4 nitrogen and oxygen atoms in total. The zero-order chi connectivity index (χ0) is 11.2. The highest BCUT2D eigenvalue weighted by Gasteiger charge is 2.16. The predicted octanol–water partition coefficient (Wildman–Crippen LogP) is 1.06. The molecule has 1 N–H and O–H groups in total. The van der Waals surface area contributed by atoms with E-state index in [1.165, 1.54) is 0 Å². The molecule has 1 aliphatic heterocycles. The normalized spacial score (nSPS) is 15.6. The lowest BCUT2D eigenvalue weighted by atomic mass is 10.2. The third kappa shape index (κ3) is 2.87. The smallest absolute Gasteiger partial charge is 0.161 e. The molecule has 1 heterocycles. The number of benzene rings is 1. The monoisotopic (exact) mass is 223 g/mol. The topological polar surface area (TPSA) is 39.7 Å². The molecule has 16 heavy (non-hydrogen) atoms. The second-order valence-corrected chi connectivity index (χ2v) is 3.65. The van der Waals surface area contributed by atoms with Crippen molar-refractivity contribution in [3.8, 4) is 11.5 Å². The van der Waals surface area contributed by atoms with Crippen LogP contribution in [-0.4, -0.2) is 39.5 Å². The van der Waals surface area contributed by atoms with Crippen molar-refractivity contribution in [2.45, 2.75) is 6.10 Å². The van der Waals surface area contributed by atoms with Crippen LogP contribution in [0.3, 0.4) is 0 Å². The lowest BCUT2D eigenvalue weighted by Gasteiger charge is -2.27. The highest BCUT2D eigenvalue weighted by Crippen LogP contribution is 2.25. The number of nitrogens with one attached hydrogen (secondary N) is 1. The van der Waals surface area contributed by atoms with Gasteiger partial charge in [0.2, 0.25) is 0 Å². The van der Waals surface area contributed by atoms with Gasteiger partial charge in [-0.2, -0.15) is 0 Å². The van der Waals surface area contributed by atoms with Crippen LogP contribution in [0.2, 0.25) is 0 Å². The molecule has 0 spiro atoms. The van der Waals surface area contributed by atoms with Crippen LogP contribution in [0.15, 0.2) is 24.3 Å². The number of hydrogen-bond donors (Lipinski definition) is 1. The van der Waals surface area contributed by atoms with E-state index in [4.69, 9.17) is 14.2 Å². The summed E-state index contributed by atoms with van der Waals surface area (Å²) in [5, 5.41) is 3.15. The maximum atomic E-state index is 5.58. The van der Waals surface area contributed by atoms with Crippen LogP contribution in [0.4, 0.5) is 0 Å². The van der Waals surface area contributed by atoms with Gasteiger partial charge < -0.3 is 19.5 Å². The molecule has 1 fully saturated rings. The van der Waals surface area contributed by atoms with Gasteiger partial charge in [-0.15, -0.1) is 0 Å². The van der Waals surface area contributed by atoms with E-state index in [9.17, 15) is 0 Å². The summed E-state index contributed by atoms with van der Waals surface area (Å²) in [7, 11) is 1.64. The van der Waals surface area contributed by atoms with Crippen LogP contribution < -0.4 is 14.8 Å². The van der Waals surface area contributed by atoms with Gasteiger partial charge in [-0.1, -0.05) is 12.1 Å². The summed E-state index contributed by atoms with van der Waals surface area (Å²) in [5.41, 5.74) is 0. The number of rotatable bonds is 6. The largest absolute Gasteiger partial charge is 0.493 e. The molecule has 1 saturated heterocycles. The van der Waals surface area contributed by atoms with E-state index < -0.39 is 0 Å². The average molecular weight is 223 g/mol. The Morgan fingerprint density at radius 2 is 1.94 bits per heavy atom. The third-order valence-corrected chi connectivity index (χ3v) is 2.51. The number of hydrogen-bond acceptors (Lipinski definition) is 4. The summed E-state index contributed by atoms with van der Waals surface area (Å²) < 4.78 is 16.3. The van der Waals surface area contributed by atoms with Crippen LogP contribution in [0.1, 0.15) is 0 Å². The quantitative estimate of drug-likeness (QED) is 0.732. The molecule has 0 amide bonds. The van der Waals surface area contributed by atoms with Gasteiger partial charge >= 0.3 is 0 Å². The van der Waals surface area contributed by atoms with Gasteiger partial charge in [0.15, 0.2) is 11.5 Å². The Balaban J connectivity index is 1.71. The summed E-state index contributed by atoms with van der Waals surface area (Å²) in [6, 6.07) is 7.62. The number of methoxy groups -OCH3 is 1. The Morgan fingerprint density at radius 3 is 2.56 bits per heavy atom. The van der Waals surface area contributed by atoms with Crippen molar-refractivity contribution in [3.05, 3.63) is 24.3 Å². The zero-order valence-electron chi connectivity index (χ0n) is 9.44. The molecular formula is C12H17NO3. The van der Waals surface area contributed by atoms with E-state index in [0.29, 0.717) is 19.3 Å². The Kier molecular flexibility index (Phi) is 4.02. The van der Waals surface area contributed by atoms with E-state index >= 15 is 0 Å². The minimum Gasteiger partial charge on any atom is -0.493 e. The maximum absolute atomic E-state index is 5.58. The van der Waals surface area contributed by atoms with Crippen molar-refractivity contribution in [1.29, 1.82) is 0 Å². The van der Waals surface area contributed by atoms with Crippen molar-refractivity contribution < 1.29 is 14.2 Å². The van der Waals surface area contributed by atoms with Gasteiger partial charge in [0.25, 0.3) is 0 Å². The van der Waals surface area contributed by atoms with Crippen LogP contribution in [0.25, 0.3) is 0 Å². The maximum Gasteiger partial charge on any atom is 0.161 e. The predicted molar refractivity (Wildman–Crippen MR) is 61.1 cm³/mol. The number of para-hydroxylation sites is 2. The fraction of sp³-hybridized carbons (Fsp3) is 0.500. The lowest BCUT2D eigenvalue weighted by Crippen LogP contribution is -2.48.